The van der Waals surface area contributed by atoms with Crippen LogP contribution in [0.3, 0.4) is 0 Å². The summed E-state index contributed by atoms with van der Waals surface area (Å²) in [7, 11) is 4.92. The molecule has 1 amide bonds. The first kappa shape index (κ1) is 16.7. The predicted octanol–water partition coefficient (Wildman–Crippen LogP) is 0.637. The van der Waals surface area contributed by atoms with E-state index in [4.69, 9.17) is 16.3 Å². The molecule has 1 heterocycles. The summed E-state index contributed by atoms with van der Waals surface area (Å²) >= 11 is 5.76. The van der Waals surface area contributed by atoms with Gasteiger partial charge in [-0.3, -0.25) is 4.79 Å². The topological polar surface area (TPSA) is 65.9 Å². The third kappa shape index (κ3) is 5.32. The van der Waals surface area contributed by atoms with Crippen molar-refractivity contribution in [3.8, 4) is 0 Å². The van der Waals surface area contributed by atoms with Crippen LogP contribution in [-0.4, -0.2) is 67.9 Å². The van der Waals surface area contributed by atoms with Gasteiger partial charge in [0.1, 0.15) is 5.82 Å². The summed E-state index contributed by atoms with van der Waals surface area (Å²) in [5.74, 6) is 0.549. The Balaban J connectivity index is 2.50. The molecule has 0 fully saturated rings. The average molecular weight is 302 g/mol. The monoisotopic (exact) mass is 301 g/mol. The van der Waals surface area contributed by atoms with Gasteiger partial charge in [-0.1, -0.05) is 11.6 Å². The Morgan fingerprint density at radius 1 is 1.50 bits per heavy atom. The van der Waals surface area contributed by atoms with Gasteiger partial charge in [0, 0.05) is 33.9 Å². The number of ether oxygens (including phenoxy) is 1. The number of methoxy groups -OCH3 is 1. The molecule has 1 unspecified atom stereocenters. The first-order valence-corrected chi connectivity index (χ1v) is 6.55. The third-order valence-corrected chi connectivity index (χ3v) is 2.97. The zero-order chi connectivity index (χ0) is 15.1. The van der Waals surface area contributed by atoms with Crippen LogP contribution in [-0.2, 0) is 9.53 Å². The van der Waals surface area contributed by atoms with Gasteiger partial charge in [-0.25, -0.2) is 4.98 Å². The quantitative estimate of drug-likeness (QED) is 0.800. The summed E-state index contributed by atoms with van der Waals surface area (Å²) in [6.07, 6.45) is 0.845. The minimum atomic E-state index is -0.687. The Bertz CT molecular complexity index is 427. The van der Waals surface area contributed by atoms with Crippen LogP contribution in [0, 0.1) is 0 Å². The van der Waals surface area contributed by atoms with Crippen molar-refractivity contribution >= 4 is 23.3 Å². The van der Waals surface area contributed by atoms with E-state index in [9.17, 15) is 9.90 Å². The maximum absolute atomic E-state index is 12.0. The summed E-state index contributed by atoms with van der Waals surface area (Å²) in [6, 6.07) is 3.46. The molecule has 7 heteroatoms. The fraction of sp³-hybridized carbons (Fsp3) is 0.538. The van der Waals surface area contributed by atoms with Gasteiger partial charge >= 0.3 is 0 Å². The number of halogens is 1. The lowest BCUT2D eigenvalue weighted by molar-refractivity contribution is -0.130. The highest BCUT2D eigenvalue weighted by atomic mass is 35.5. The number of carbonyl (C=O) groups excluding carboxylic acids is 1. The number of anilines is 1. The fourth-order valence-electron chi connectivity index (χ4n) is 1.66. The Labute approximate surface area is 123 Å². The minimum absolute atomic E-state index is 0.112. The van der Waals surface area contributed by atoms with E-state index in [1.807, 2.05) is 0 Å². The smallest absolute Gasteiger partial charge is 0.241 e. The van der Waals surface area contributed by atoms with Crippen molar-refractivity contribution in [2.75, 3.05) is 45.8 Å². The second-order valence-electron chi connectivity index (χ2n) is 4.57. The summed E-state index contributed by atoms with van der Waals surface area (Å²) in [6.45, 7) is 0.603. The normalized spacial score (nSPS) is 12.1. The van der Waals surface area contributed by atoms with Gasteiger partial charge in [-0.15, -0.1) is 0 Å². The number of aromatic nitrogens is 1. The molecule has 0 aliphatic heterocycles. The molecule has 6 nitrogen and oxygen atoms in total. The van der Waals surface area contributed by atoms with E-state index in [1.54, 1.807) is 31.1 Å². The molecule has 0 bridgehead atoms. The molecule has 0 radical (unpaired) electrons. The predicted molar refractivity (Wildman–Crippen MR) is 78.0 cm³/mol. The maximum atomic E-state index is 12.0. The van der Waals surface area contributed by atoms with Crippen molar-refractivity contribution in [3.05, 3.63) is 23.4 Å². The molecular weight excluding hydrogens is 282 g/mol. The second-order valence-corrected chi connectivity index (χ2v) is 5.01. The lowest BCUT2D eigenvalue weighted by atomic mass is 10.3. The highest BCUT2D eigenvalue weighted by Gasteiger charge is 2.16. The van der Waals surface area contributed by atoms with Crippen LogP contribution in [0.5, 0.6) is 0 Å². The largest absolute Gasteiger partial charge is 0.389 e. The van der Waals surface area contributed by atoms with Crippen LogP contribution in [0.1, 0.15) is 0 Å². The first-order chi connectivity index (χ1) is 9.43. The fourth-order valence-corrected chi connectivity index (χ4v) is 1.77. The summed E-state index contributed by atoms with van der Waals surface area (Å²) < 4.78 is 4.82. The molecule has 0 saturated carbocycles. The molecule has 20 heavy (non-hydrogen) atoms. The van der Waals surface area contributed by atoms with Crippen molar-refractivity contribution in [1.29, 1.82) is 0 Å². The molecule has 1 rings (SSSR count). The van der Waals surface area contributed by atoms with Gasteiger partial charge < -0.3 is 19.6 Å². The highest BCUT2D eigenvalue weighted by molar-refractivity contribution is 6.30. The van der Waals surface area contributed by atoms with Crippen LogP contribution in [0.15, 0.2) is 18.3 Å². The van der Waals surface area contributed by atoms with Crippen molar-refractivity contribution in [1.82, 2.24) is 9.88 Å². The molecule has 1 atom stereocenters. The molecule has 0 spiro atoms. The van der Waals surface area contributed by atoms with Crippen molar-refractivity contribution < 1.29 is 14.6 Å². The van der Waals surface area contributed by atoms with Gasteiger partial charge in [-0.05, 0) is 12.1 Å². The molecule has 0 aliphatic rings. The number of nitrogens with zero attached hydrogens (tertiary/aromatic N) is 3. The molecule has 1 aromatic heterocycles. The van der Waals surface area contributed by atoms with Crippen LogP contribution in [0.25, 0.3) is 0 Å². The van der Waals surface area contributed by atoms with Gasteiger partial charge in [0.05, 0.1) is 24.3 Å². The number of aliphatic hydroxyl groups excluding tert-OH is 1. The summed E-state index contributed by atoms with van der Waals surface area (Å²) in [5.41, 5.74) is 0. The van der Waals surface area contributed by atoms with E-state index in [-0.39, 0.29) is 25.6 Å². The highest BCUT2D eigenvalue weighted by Crippen LogP contribution is 2.12. The number of rotatable bonds is 7. The number of hydrogen-bond donors (Lipinski definition) is 1. The van der Waals surface area contributed by atoms with Gasteiger partial charge in [0.2, 0.25) is 5.91 Å². The Kier molecular flexibility index (Phi) is 6.70. The van der Waals surface area contributed by atoms with E-state index in [0.29, 0.717) is 10.8 Å². The van der Waals surface area contributed by atoms with Gasteiger partial charge in [0.25, 0.3) is 0 Å². The Morgan fingerprint density at radius 2 is 2.20 bits per heavy atom. The van der Waals surface area contributed by atoms with E-state index in [1.165, 1.54) is 18.2 Å². The molecule has 0 saturated heterocycles. The first-order valence-electron chi connectivity index (χ1n) is 6.17. The average Bonchev–Trinajstić information content (AvgIpc) is 2.39. The summed E-state index contributed by atoms with van der Waals surface area (Å²) in [5, 5.41) is 10.1. The lowest BCUT2D eigenvalue weighted by Crippen LogP contribution is -2.41. The number of hydrogen-bond acceptors (Lipinski definition) is 5. The maximum Gasteiger partial charge on any atom is 0.241 e. The Hall–Kier alpha value is -1.37. The number of likely N-dealkylation sites (N-methyl/N-ethyl adjacent to an activating group) is 2. The van der Waals surface area contributed by atoms with Crippen LogP contribution in [0.2, 0.25) is 5.02 Å². The van der Waals surface area contributed by atoms with Gasteiger partial charge in [-0.2, -0.15) is 0 Å². The van der Waals surface area contributed by atoms with E-state index >= 15 is 0 Å². The number of aliphatic hydroxyl groups is 1. The molecule has 1 aromatic rings. The third-order valence-electron chi connectivity index (χ3n) is 2.74. The Morgan fingerprint density at radius 3 is 2.75 bits per heavy atom. The van der Waals surface area contributed by atoms with Crippen molar-refractivity contribution in [2.24, 2.45) is 0 Å². The van der Waals surface area contributed by atoms with Crippen LogP contribution >= 0.6 is 11.6 Å². The van der Waals surface area contributed by atoms with Crippen molar-refractivity contribution in [3.63, 3.8) is 0 Å². The molecular formula is C13H20ClN3O3. The van der Waals surface area contributed by atoms with E-state index in [0.717, 1.165) is 0 Å². The standard InChI is InChI=1S/C13H20ClN3O3/c1-16(12-5-4-10(14)6-15-12)8-13(19)17(2)7-11(18)9-20-3/h4-6,11,18H,7-9H2,1-3H3. The molecule has 0 aromatic carbocycles. The molecule has 1 N–H and O–H groups in total. The number of pyridine rings is 1. The second kappa shape index (κ2) is 8.04. The lowest BCUT2D eigenvalue weighted by Gasteiger charge is -2.24. The summed E-state index contributed by atoms with van der Waals surface area (Å²) in [4.78, 5) is 19.3. The zero-order valence-electron chi connectivity index (χ0n) is 11.9. The van der Waals surface area contributed by atoms with Crippen LogP contribution in [0.4, 0.5) is 5.82 Å². The van der Waals surface area contributed by atoms with E-state index < -0.39 is 6.10 Å². The number of amides is 1. The zero-order valence-corrected chi connectivity index (χ0v) is 12.7. The SMILES string of the molecule is COCC(O)CN(C)C(=O)CN(C)c1ccc(Cl)cn1. The molecule has 0 aliphatic carbocycles. The van der Waals surface area contributed by atoms with Gasteiger partial charge in [0.15, 0.2) is 0 Å². The minimum Gasteiger partial charge on any atom is -0.389 e. The van der Waals surface area contributed by atoms with Crippen molar-refractivity contribution in [2.45, 2.75) is 6.10 Å². The number of carbonyl (C=O) groups is 1. The van der Waals surface area contributed by atoms with Crippen LogP contribution < -0.4 is 4.90 Å². The van der Waals surface area contributed by atoms with E-state index in [2.05, 4.69) is 4.98 Å². The molecule has 112 valence electrons.